The van der Waals surface area contributed by atoms with E-state index in [0.717, 1.165) is 55.7 Å². The standard InChI is InChI=1S/C57H38N4/c1-6-19-39(20-7-1)45-33-46(40-21-8-2-9-22-40)35-47(34-45)48-37-51(41-23-10-3-11-24-41)54-52(38-48)50-31-16-17-32-53(50)61(54)49-30-18-29-44(36-49)57-59-55(42-25-12-4-13-26-42)58-56(60-57)43-27-14-5-15-28-43/h1-38H. The van der Waals surface area contributed by atoms with Gasteiger partial charge in [0.15, 0.2) is 17.5 Å². The summed E-state index contributed by atoms with van der Waals surface area (Å²) in [5.74, 6) is 1.89. The Morgan fingerprint density at radius 1 is 0.262 bits per heavy atom. The van der Waals surface area contributed by atoms with E-state index < -0.39 is 0 Å². The first kappa shape index (κ1) is 35.9. The summed E-state index contributed by atoms with van der Waals surface area (Å²) in [7, 11) is 0. The van der Waals surface area contributed by atoms with Gasteiger partial charge in [-0.1, -0.05) is 182 Å². The lowest BCUT2D eigenvalue weighted by Crippen LogP contribution is -2.01. The molecule has 11 aromatic rings. The molecule has 4 nitrogen and oxygen atoms in total. The molecule has 0 bridgehead atoms. The normalized spacial score (nSPS) is 11.3. The summed E-state index contributed by atoms with van der Waals surface area (Å²) in [5.41, 5.74) is 15.4. The summed E-state index contributed by atoms with van der Waals surface area (Å²) in [4.78, 5) is 15.1. The minimum Gasteiger partial charge on any atom is -0.309 e. The lowest BCUT2D eigenvalue weighted by atomic mass is 9.91. The van der Waals surface area contributed by atoms with Crippen LogP contribution < -0.4 is 0 Å². The molecule has 0 saturated carbocycles. The lowest BCUT2D eigenvalue weighted by molar-refractivity contribution is 1.07. The average Bonchev–Trinajstić information content (AvgIpc) is 3.69. The van der Waals surface area contributed by atoms with Gasteiger partial charge in [-0.2, -0.15) is 0 Å². The molecule has 0 radical (unpaired) electrons. The highest BCUT2D eigenvalue weighted by Gasteiger charge is 2.20. The fourth-order valence-corrected chi connectivity index (χ4v) is 8.48. The van der Waals surface area contributed by atoms with E-state index in [1.165, 1.54) is 33.0 Å². The molecule has 2 aromatic heterocycles. The largest absolute Gasteiger partial charge is 0.309 e. The summed E-state index contributed by atoms with van der Waals surface area (Å²) >= 11 is 0. The highest BCUT2D eigenvalue weighted by molar-refractivity contribution is 6.15. The molecule has 0 atom stereocenters. The third-order valence-corrected chi connectivity index (χ3v) is 11.4. The first-order valence-corrected chi connectivity index (χ1v) is 20.6. The number of hydrogen-bond acceptors (Lipinski definition) is 3. The van der Waals surface area contributed by atoms with Crippen LogP contribution in [0.4, 0.5) is 0 Å². The fourth-order valence-electron chi connectivity index (χ4n) is 8.48. The summed E-state index contributed by atoms with van der Waals surface area (Å²) < 4.78 is 2.41. The monoisotopic (exact) mass is 778 g/mol. The van der Waals surface area contributed by atoms with Gasteiger partial charge in [-0.3, -0.25) is 0 Å². The van der Waals surface area contributed by atoms with Gasteiger partial charge in [0, 0.05) is 38.7 Å². The molecule has 0 aliphatic rings. The lowest BCUT2D eigenvalue weighted by Gasteiger charge is -2.16. The van der Waals surface area contributed by atoms with Crippen LogP contribution in [-0.2, 0) is 0 Å². The molecule has 0 unspecified atom stereocenters. The topological polar surface area (TPSA) is 43.6 Å². The molecule has 0 N–H and O–H groups in total. The molecule has 0 fully saturated rings. The maximum atomic E-state index is 5.08. The maximum absolute atomic E-state index is 5.08. The van der Waals surface area contributed by atoms with Gasteiger partial charge in [-0.25, -0.2) is 15.0 Å². The zero-order chi connectivity index (χ0) is 40.5. The Bertz CT molecular complexity index is 3210. The second-order valence-electron chi connectivity index (χ2n) is 15.3. The first-order valence-electron chi connectivity index (χ1n) is 20.6. The van der Waals surface area contributed by atoms with Crippen LogP contribution in [0.25, 0.3) is 106 Å². The van der Waals surface area contributed by atoms with Crippen LogP contribution in [0.5, 0.6) is 0 Å². The molecule has 61 heavy (non-hydrogen) atoms. The Labute approximate surface area is 354 Å². The van der Waals surface area contributed by atoms with Crippen molar-refractivity contribution in [3.8, 4) is 84.4 Å². The summed E-state index contributed by atoms with van der Waals surface area (Å²) in [6.45, 7) is 0. The van der Waals surface area contributed by atoms with E-state index in [2.05, 4.69) is 174 Å². The van der Waals surface area contributed by atoms with Gasteiger partial charge in [0.25, 0.3) is 0 Å². The van der Waals surface area contributed by atoms with Crippen molar-refractivity contribution in [3.63, 3.8) is 0 Å². The molecule has 11 rings (SSSR count). The Morgan fingerprint density at radius 3 is 1.21 bits per heavy atom. The minimum atomic E-state index is 0.619. The highest BCUT2D eigenvalue weighted by atomic mass is 15.0. The van der Waals surface area contributed by atoms with Gasteiger partial charge in [-0.15, -0.1) is 0 Å². The van der Waals surface area contributed by atoms with Crippen LogP contribution in [0.3, 0.4) is 0 Å². The van der Waals surface area contributed by atoms with E-state index in [9.17, 15) is 0 Å². The van der Waals surface area contributed by atoms with Crippen molar-refractivity contribution >= 4 is 21.8 Å². The van der Waals surface area contributed by atoms with Crippen molar-refractivity contribution in [1.29, 1.82) is 0 Å². The second-order valence-corrected chi connectivity index (χ2v) is 15.3. The SMILES string of the molecule is c1ccc(-c2cc(-c3ccccc3)cc(-c3cc(-c4ccccc4)c4c(c3)c3ccccc3n4-c3cccc(-c4nc(-c5ccccc5)nc(-c5ccccc5)n4)c3)c2)cc1. The predicted molar refractivity (Wildman–Crippen MR) is 252 cm³/mol. The molecule has 0 amide bonds. The Kier molecular flexibility index (Phi) is 9.14. The van der Waals surface area contributed by atoms with Crippen molar-refractivity contribution in [3.05, 3.63) is 231 Å². The number of rotatable bonds is 8. The molecule has 0 aliphatic carbocycles. The number of hydrogen-bond donors (Lipinski definition) is 0. The van der Waals surface area contributed by atoms with Gasteiger partial charge in [-0.05, 0) is 87.5 Å². The maximum Gasteiger partial charge on any atom is 0.164 e. The van der Waals surface area contributed by atoms with E-state index in [4.69, 9.17) is 15.0 Å². The Hall–Kier alpha value is -8.21. The second kappa shape index (κ2) is 15.5. The third kappa shape index (κ3) is 6.86. The molecule has 0 spiro atoms. The van der Waals surface area contributed by atoms with E-state index in [0.29, 0.717) is 17.5 Å². The van der Waals surface area contributed by atoms with Crippen LogP contribution in [0.1, 0.15) is 0 Å². The zero-order valence-electron chi connectivity index (χ0n) is 33.2. The molecule has 0 aliphatic heterocycles. The molecule has 9 aromatic carbocycles. The van der Waals surface area contributed by atoms with Crippen molar-refractivity contribution in [2.75, 3.05) is 0 Å². The first-order chi connectivity index (χ1) is 30.2. The Balaban J connectivity index is 1.14. The van der Waals surface area contributed by atoms with E-state index in [-0.39, 0.29) is 0 Å². The van der Waals surface area contributed by atoms with E-state index in [1.54, 1.807) is 0 Å². The van der Waals surface area contributed by atoms with Gasteiger partial charge in [0.05, 0.1) is 11.0 Å². The van der Waals surface area contributed by atoms with Gasteiger partial charge in [0.2, 0.25) is 0 Å². The van der Waals surface area contributed by atoms with Crippen molar-refractivity contribution in [2.24, 2.45) is 0 Å². The van der Waals surface area contributed by atoms with Gasteiger partial charge >= 0.3 is 0 Å². The summed E-state index contributed by atoms with van der Waals surface area (Å²) in [6.07, 6.45) is 0. The number of aromatic nitrogens is 4. The number of para-hydroxylation sites is 1. The predicted octanol–water partition coefficient (Wildman–Crippen LogP) is 14.6. The fraction of sp³-hybridized carbons (Fsp3) is 0. The van der Waals surface area contributed by atoms with Gasteiger partial charge in [0.1, 0.15) is 0 Å². The zero-order valence-corrected chi connectivity index (χ0v) is 33.2. The molecule has 4 heteroatoms. The van der Waals surface area contributed by atoms with Crippen LogP contribution in [0.2, 0.25) is 0 Å². The molecule has 2 heterocycles. The van der Waals surface area contributed by atoms with Crippen molar-refractivity contribution < 1.29 is 0 Å². The smallest absolute Gasteiger partial charge is 0.164 e. The minimum absolute atomic E-state index is 0.619. The number of nitrogens with zero attached hydrogens (tertiary/aromatic N) is 4. The van der Waals surface area contributed by atoms with E-state index in [1.807, 2.05) is 60.7 Å². The van der Waals surface area contributed by atoms with Crippen molar-refractivity contribution in [1.82, 2.24) is 19.5 Å². The van der Waals surface area contributed by atoms with Crippen molar-refractivity contribution in [2.45, 2.75) is 0 Å². The molecular weight excluding hydrogens is 741 g/mol. The summed E-state index contributed by atoms with van der Waals surface area (Å²) in [6, 6.07) is 81.5. The third-order valence-electron chi connectivity index (χ3n) is 11.4. The van der Waals surface area contributed by atoms with Crippen LogP contribution in [0, 0.1) is 0 Å². The molecule has 0 saturated heterocycles. The number of fused-ring (bicyclic) bond motifs is 3. The van der Waals surface area contributed by atoms with Crippen LogP contribution in [0.15, 0.2) is 231 Å². The molecular formula is C57H38N4. The number of benzene rings is 9. The van der Waals surface area contributed by atoms with E-state index >= 15 is 0 Å². The summed E-state index contributed by atoms with van der Waals surface area (Å²) in [5, 5.41) is 2.36. The Morgan fingerprint density at radius 2 is 0.672 bits per heavy atom. The van der Waals surface area contributed by atoms with Gasteiger partial charge < -0.3 is 4.57 Å². The highest BCUT2D eigenvalue weighted by Crippen LogP contribution is 2.43. The quantitative estimate of drug-likeness (QED) is 0.154. The van der Waals surface area contributed by atoms with Crippen LogP contribution >= 0.6 is 0 Å². The van der Waals surface area contributed by atoms with Crippen LogP contribution in [-0.4, -0.2) is 19.5 Å². The average molecular weight is 779 g/mol. The molecule has 286 valence electrons.